The minimum Gasteiger partial charge on any atom is -0.497 e. The van der Waals surface area contributed by atoms with E-state index in [4.69, 9.17) is 14.2 Å². The van der Waals surface area contributed by atoms with Crippen molar-refractivity contribution in [1.29, 1.82) is 0 Å². The Morgan fingerprint density at radius 2 is 2.00 bits per heavy atom. The second kappa shape index (κ2) is 6.74. The molecule has 0 aliphatic rings. The van der Waals surface area contributed by atoms with Gasteiger partial charge in [-0.2, -0.15) is 0 Å². The molecule has 0 aromatic heterocycles. The summed E-state index contributed by atoms with van der Waals surface area (Å²) in [4.78, 5) is 11.5. The molecular formula is C13H19NO4. The standard InChI is InChI=1S/C13H19NO4/c1-5-10(13(15)18-4)14-11-7-6-9(16-2)8-12(11)17-3/h6-8,10,14H,5H2,1-4H3. The molecule has 18 heavy (non-hydrogen) atoms. The number of carbonyl (C=O) groups excluding carboxylic acids is 1. The van der Waals surface area contributed by atoms with Gasteiger partial charge in [0.1, 0.15) is 17.5 Å². The lowest BCUT2D eigenvalue weighted by atomic mass is 10.2. The largest absolute Gasteiger partial charge is 0.497 e. The molecule has 1 aromatic carbocycles. The summed E-state index contributed by atoms with van der Waals surface area (Å²) in [6, 6.07) is 4.97. The number of esters is 1. The highest BCUT2D eigenvalue weighted by atomic mass is 16.5. The number of hydrogen-bond donors (Lipinski definition) is 1. The van der Waals surface area contributed by atoms with E-state index in [2.05, 4.69) is 5.32 Å². The van der Waals surface area contributed by atoms with Gasteiger partial charge in [-0.1, -0.05) is 6.92 Å². The van der Waals surface area contributed by atoms with Crippen LogP contribution in [0.15, 0.2) is 18.2 Å². The molecule has 0 radical (unpaired) electrons. The van der Waals surface area contributed by atoms with Crippen LogP contribution in [0, 0.1) is 0 Å². The predicted molar refractivity (Wildman–Crippen MR) is 69.3 cm³/mol. The van der Waals surface area contributed by atoms with Crippen molar-refractivity contribution in [2.75, 3.05) is 26.6 Å². The Kier molecular flexibility index (Phi) is 5.30. The average Bonchev–Trinajstić information content (AvgIpc) is 2.43. The molecule has 0 spiro atoms. The molecule has 1 rings (SSSR count). The molecule has 1 aromatic rings. The van der Waals surface area contributed by atoms with Crippen LogP contribution in [-0.2, 0) is 9.53 Å². The van der Waals surface area contributed by atoms with Crippen LogP contribution >= 0.6 is 0 Å². The van der Waals surface area contributed by atoms with Crippen molar-refractivity contribution in [1.82, 2.24) is 0 Å². The molecule has 1 unspecified atom stereocenters. The van der Waals surface area contributed by atoms with E-state index >= 15 is 0 Å². The van der Waals surface area contributed by atoms with Gasteiger partial charge in [0.15, 0.2) is 0 Å². The molecule has 0 saturated carbocycles. The Labute approximate surface area is 107 Å². The summed E-state index contributed by atoms with van der Waals surface area (Å²) >= 11 is 0. The number of nitrogens with one attached hydrogen (secondary N) is 1. The van der Waals surface area contributed by atoms with Gasteiger partial charge in [-0.25, -0.2) is 4.79 Å². The topological polar surface area (TPSA) is 56.8 Å². The van der Waals surface area contributed by atoms with Gasteiger partial charge in [-0.05, 0) is 18.6 Å². The first-order chi connectivity index (χ1) is 8.65. The molecule has 0 aliphatic heterocycles. The summed E-state index contributed by atoms with van der Waals surface area (Å²) in [6.07, 6.45) is 0.627. The first kappa shape index (κ1) is 14.2. The SMILES string of the molecule is CCC(Nc1ccc(OC)cc1OC)C(=O)OC. The van der Waals surface area contributed by atoms with Gasteiger partial charge < -0.3 is 19.5 Å². The summed E-state index contributed by atoms with van der Waals surface area (Å²) in [5.74, 6) is 1.02. The van der Waals surface area contributed by atoms with Crippen molar-refractivity contribution in [3.63, 3.8) is 0 Å². The predicted octanol–water partition coefficient (Wildman–Crippen LogP) is 2.07. The van der Waals surface area contributed by atoms with Gasteiger partial charge in [0, 0.05) is 6.07 Å². The molecule has 1 N–H and O–H groups in total. The van der Waals surface area contributed by atoms with Gasteiger partial charge in [-0.3, -0.25) is 0 Å². The fourth-order valence-electron chi connectivity index (χ4n) is 1.58. The van der Waals surface area contributed by atoms with Gasteiger partial charge in [0.05, 0.1) is 27.0 Å². The molecule has 0 heterocycles. The fraction of sp³-hybridized carbons (Fsp3) is 0.462. The van der Waals surface area contributed by atoms with Gasteiger partial charge in [-0.15, -0.1) is 0 Å². The normalized spacial score (nSPS) is 11.6. The molecule has 0 saturated heterocycles. The maximum Gasteiger partial charge on any atom is 0.328 e. The van der Waals surface area contributed by atoms with Crippen molar-refractivity contribution < 1.29 is 19.0 Å². The molecule has 1 atom stereocenters. The van der Waals surface area contributed by atoms with Crippen LogP contribution in [0.2, 0.25) is 0 Å². The summed E-state index contributed by atoms with van der Waals surface area (Å²) in [7, 11) is 4.53. The van der Waals surface area contributed by atoms with E-state index in [1.807, 2.05) is 13.0 Å². The van der Waals surface area contributed by atoms with Gasteiger partial charge in [0.25, 0.3) is 0 Å². The van der Waals surface area contributed by atoms with E-state index in [0.717, 1.165) is 5.69 Å². The van der Waals surface area contributed by atoms with Crippen LogP contribution in [0.1, 0.15) is 13.3 Å². The van der Waals surface area contributed by atoms with E-state index in [1.165, 1.54) is 7.11 Å². The van der Waals surface area contributed by atoms with Gasteiger partial charge in [0.2, 0.25) is 0 Å². The zero-order valence-electron chi connectivity index (χ0n) is 11.1. The molecule has 5 nitrogen and oxygen atoms in total. The Hall–Kier alpha value is -1.91. The van der Waals surface area contributed by atoms with Crippen LogP contribution in [0.3, 0.4) is 0 Å². The molecule has 0 fully saturated rings. The number of rotatable bonds is 6. The highest BCUT2D eigenvalue weighted by Gasteiger charge is 2.18. The van der Waals surface area contributed by atoms with Crippen molar-refractivity contribution in [3.8, 4) is 11.5 Å². The van der Waals surface area contributed by atoms with Crippen LogP contribution in [0.25, 0.3) is 0 Å². The summed E-state index contributed by atoms with van der Waals surface area (Å²) < 4.78 is 15.1. The number of hydrogen-bond acceptors (Lipinski definition) is 5. The Bertz CT molecular complexity index is 406. The number of benzene rings is 1. The maximum atomic E-state index is 11.5. The molecule has 5 heteroatoms. The lowest BCUT2D eigenvalue weighted by Crippen LogP contribution is -2.29. The minimum absolute atomic E-state index is 0.296. The number of anilines is 1. The second-order valence-electron chi connectivity index (χ2n) is 3.69. The van der Waals surface area contributed by atoms with Crippen molar-refractivity contribution in [2.45, 2.75) is 19.4 Å². The third-order valence-corrected chi connectivity index (χ3v) is 2.63. The summed E-state index contributed by atoms with van der Waals surface area (Å²) in [5, 5.41) is 3.10. The smallest absolute Gasteiger partial charge is 0.328 e. The third kappa shape index (κ3) is 3.29. The highest BCUT2D eigenvalue weighted by molar-refractivity contribution is 5.80. The number of ether oxygens (including phenoxy) is 3. The minimum atomic E-state index is -0.391. The average molecular weight is 253 g/mol. The molecule has 0 amide bonds. The van der Waals surface area contributed by atoms with E-state index in [9.17, 15) is 4.79 Å². The molecular weight excluding hydrogens is 234 g/mol. The van der Waals surface area contributed by atoms with E-state index in [-0.39, 0.29) is 5.97 Å². The number of carbonyl (C=O) groups is 1. The Balaban J connectivity index is 2.91. The zero-order chi connectivity index (χ0) is 13.5. The van der Waals surface area contributed by atoms with Crippen LogP contribution in [0.5, 0.6) is 11.5 Å². The quantitative estimate of drug-likeness (QED) is 0.786. The molecule has 0 aliphatic carbocycles. The van der Waals surface area contributed by atoms with Crippen LogP contribution in [-0.4, -0.2) is 33.3 Å². The van der Waals surface area contributed by atoms with Crippen LogP contribution < -0.4 is 14.8 Å². The number of methoxy groups -OCH3 is 3. The van der Waals surface area contributed by atoms with E-state index < -0.39 is 6.04 Å². The highest BCUT2D eigenvalue weighted by Crippen LogP contribution is 2.29. The van der Waals surface area contributed by atoms with E-state index in [1.54, 1.807) is 26.4 Å². The van der Waals surface area contributed by atoms with E-state index in [0.29, 0.717) is 17.9 Å². The van der Waals surface area contributed by atoms with Crippen molar-refractivity contribution in [3.05, 3.63) is 18.2 Å². The molecule has 0 bridgehead atoms. The van der Waals surface area contributed by atoms with Crippen molar-refractivity contribution >= 4 is 11.7 Å². The first-order valence-electron chi connectivity index (χ1n) is 5.72. The zero-order valence-corrected chi connectivity index (χ0v) is 11.1. The Morgan fingerprint density at radius 1 is 1.28 bits per heavy atom. The molecule has 100 valence electrons. The maximum absolute atomic E-state index is 11.5. The first-order valence-corrected chi connectivity index (χ1v) is 5.72. The summed E-state index contributed by atoms with van der Waals surface area (Å²) in [5.41, 5.74) is 0.732. The fourth-order valence-corrected chi connectivity index (χ4v) is 1.58. The lowest BCUT2D eigenvalue weighted by molar-refractivity contribution is -0.141. The van der Waals surface area contributed by atoms with Crippen molar-refractivity contribution in [2.24, 2.45) is 0 Å². The lowest BCUT2D eigenvalue weighted by Gasteiger charge is -2.18. The third-order valence-electron chi connectivity index (χ3n) is 2.63. The second-order valence-corrected chi connectivity index (χ2v) is 3.69. The van der Waals surface area contributed by atoms with Gasteiger partial charge >= 0.3 is 5.97 Å². The summed E-state index contributed by atoms with van der Waals surface area (Å²) in [6.45, 7) is 1.91. The monoisotopic (exact) mass is 253 g/mol. The van der Waals surface area contributed by atoms with Crippen LogP contribution in [0.4, 0.5) is 5.69 Å². The Morgan fingerprint density at radius 3 is 2.50 bits per heavy atom.